The van der Waals surface area contributed by atoms with Crippen LogP contribution in [0.5, 0.6) is 0 Å². The van der Waals surface area contributed by atoms with E-state index in [1.807, 2.05) is 12.3 Å². The Bertz CT molecular complexity index is 150. The van der Waals surface area contributed by atoms with Crippen LogP contribution in [0.25, 0.3) is 0 Å². The van der Waals surface area contributed by atoms with Gasteiger partial charge in [-0.05, 0) is 11.3 Å². The second-order valence-corrected chi connectivity index (χ2v) is 2.57. The molecule has 0 saturated heterocycles. The van der Waals surface area contributed by atoms with Crippen molar-refractivity contribution in [2.75, 3.05) is 0 Å². The quantitative estimate of drug-likeness (QED) is 0.492. The number of aromatic nitrogens is 1. The average Bonchev–Trinajstić information content (AvgIpc) is 1.90. The highest BCUT2D eigenvalue weighted by molar-refractivity contribution is 6.51. The van der Waals surface area contributed by atoms with Gasteiger partial charge < -0.3 is 0 Å². The van der Waals surface area contributed by atoms with Crippen LogP contribution in [0.2, 0.25) is 6.55 Å². The van der Waals surface area contributed by atoms with Crippen LogP contribution < -0.4 is 5.19 Å². The molecule has 40 valence electrons. The van der Waals surface area contributed by atoms with Crippen LogP contribution >= 0.6 is 0 Å². The molecule has 0 bridgehead atoms. The minimum atomic E-state index is 0.868. The summed E-state index contributed by atoms with van der Waals surface area (Å²) in [6.07, 6.45) is 3.70. The molecule has 0 fully saturated rings. The van der Waals surface area contributed by atoms with E-state index >= 15 is 0 Å². The van der Waals surface area contributed by atoms with Crippen molar-refractivity contribution < 1.29 is 0 Å². The van der Waals surface area contributed by atoms with E-state index in [4.69, 9.17) is 0 Å². The van der Waals surface area contributed by atoms with Crippen molar-refractivity contribution in [1.29, 1.82) is 0 Å². The van der Waals surface area contributed by atoms with Crippen LogP contribution in [-0.4, -0.2) is 14.5 Å². The molecule has 0 N–H and O–H groups in total. The van der Waals surface area contributed by atoms with E-state index in [2.05, 4.69) is 17.6 Å². The highest BCUT2D eigenvalue weighted by atomic mass is 28.2. The molecule has 0 aliphatic heterocycles. The van der Waals surface area contributed by atoms with Gasteiger partial charge in [-0.25, -0.2) is 0 Å². The minimum absolute atomic E-state index is 0.868. The van der Waals surface area contributed by atoms with E-state index in [9.17, 15) is 0 Å². The van der Waals surface area contributed by atoms with E-state index in [0.29, 0.717) is 0 Å². The second-order valence-electron chi connectivity index (χ2n) is 1.49. The lowest BCUT2D eigenvalue weighted by Gasteiger charge is -1.87. The van der Waals surface area contributed by atoms with Crippen LogP contribution in [0.1, 0.15) is 0 Å². The number of hydrogen-bond donors (Lipinski definition) is 0. The van der Waals surface area contributed by atoms with Gasteiger partial charge in [0, 0.05) is 12.4 Å². The Labute approximate surface area is 51.6 Å². The third-order valence-electron chi connectivity index (χ3n) is 0.950. The summed E-state index contributed by atoms with van der Waals surface area (Å²) in [4.78, 5) is 3.96. The SMILES string of the molecule is C[Si]c1cccnc1. The zero-order valence-electron chi connectivity index (χ0n) is 4.76. The molecule has 0 aliphatic carbocycles. The van der Waals surface area contributed by atoms with E-state index in [-0.39, 0.29) is 0 Å². The lowest BCUT2D eigenvalue weighted by Crippen LogP contribution is -2.09. The van der Waals surface area contributed by atoms with Gasteiger partial charge in [0.15, 0.2) is 0 Å². The van der Waals surface area contributed by atoms with E-state index in [1.54, 1.807) is 6.20 Å². The first-order valence-corrected chi connectivity index (χ1v) is 4.01. The largest absolute Gasteiger partial charge is 0.265 e. The Morgan fingerprint density at radius 1 is 1.62 bits per heavy atom. The molecule has 0 atom stereocenters. The van der Waals surface area contributed by atoms with Gasteiger partial charge in [0.2, 0.25) is 0 Å². The molecule has 0 unspecified atom stereocenters. The molecule has 1 aromatic rings. The lowest BCUT2D eigenvalue weighted by atomic mass is 10.5. The van der Waals surface area contributed by atoms with E-state index < -0.39 is 0 Å². The molecule has 1 heterocycles. The molecule has 0 aliphatic rings. The predicted octanol–water partition coefficient (Wildman–Crippen LogP) is 0.459. The smallest absolute Gasteiger partial charge is 0.0794 e. The zero-order chi connectivity index (χ0) is 5.82. The maximum absolute atomic E-state index is 3.96. The van der Waals surface area contributed by atoms with Crippen molar-refractivity contribution in [2.24, 2.45) is 0 Å². The highest BCUT2D eigenvalue weighted by Gasteiger charge is 1.82. The molecular formula is C6H7NSi. The van der Waals surface area contributed by atoms with Crippen molar-refractivity contribution in [3.63, 3.8) is 0 Å². The average molecular weight is 121 g/mol. The fourth-order valence-electron chi connectivity index (χ4n) is 0.511. The second kappa shape index (κ2) is 2.62. The number of pyridine rings is 1. The third-order valence-corrected chi connectivity index (χ3v) is 1.82. The molecule has 2 radical (unpaired) electrons. The first-order valence-electron chi connectivity index (χ1n) is 2.51. The monoisotopic (exact) mass is 121 g/mol. The topological polar surface area (TPSA) is 12.9 Å². The first kappa shape index (κ1) is 5.50. The standard InChI is InChI=1S/C6H7NSi/c1-8-6-3-2-4-7-5-6/h2-5H,1H3. The van der Waals surface area contributed by atoms with Crippen LogP contribution in [0.15, 0.2) is 24.5 Å². The summed E-state index contributed by atoms with van der Waals surface area (Å²) >= 11 is 0. The van der Waals surface area contributed by atoms with Gasteiger partial charge in [-0.2, -0.15) is 0 Å². The maximum Gasteiger partial charge on any atom is 0.0794 e. The summed E-state index contributed by atoms with van der Waals surface area (Å²) in [5.41, 5.74) is 0. The fourth-order valence-corrected chi connectivity index (χ4v) is 0.977. The molecule has 8 heavy (non-hydrogen) atoms. The molecule has 0 aromatic carbocycles. The molecule has 1 rings (SSSR count). The summed E-state index contributed by atoms with van der Waals surface area (Å²) in [6.45, 7) is 2.15. The van der Waals surface area contributed by atoms with Crippen LogP contribution in [0.4, 0.5) is 0 Å². The Hall–Kier alpha value is -0.633. The predicted molar refractivity (Wildman–Crippen MR) is 35.5 cm³/mol. The Morgan fingerprint density at radius 2 is 2.50 bits per heavy atom. The number of rotatable bonds is 1. The molecule has 0 amide bonds. The van der Waals surface area contributed by atoms with Crippen molar-refractivity contribution >= 4 is 14.7 Å². The minimum Gasteiger partial charge on any atom is -0.265 e. The fraction of sp³-hybridized carbons (Fsp3) is 0.167. The molecule has 2 heteroatoms. The first-order chi connectivity index (χ1) is 3.93. The third kappa shape index (κ3) is 1.17. The molecule has 1 nitrogen and oxygen atoms in total. The molecule has 1 aromatic heterocycles. The Balaban J connectivity index is 2.83. The van der Waals surface area contributed by atoms with Gasteiger partial charge in [0.25, 0.3) is 0 Å². The van der Waals surface area contributed by atoms with Crippen LogP contribution in [-0.2, 0) is 0 Å². The van der Waals surface area contributed by atoms with Gasteiger partial charge in [-0.1, -0.05) is 12.6 Å². The summed E-state index contributed by atoms with van der Waals surface area (Å²) in [7, 11) is 0.868. The zero-order valence-corrected chi connectivity index (χ0v) is 5.76. The summed E-state index contributed by atoms with van der Waals surface area (Å²) < 4.78 is 0. The Morgan fingerprint density at radius 3 is 2.88 bits per heavy atom. The molecule has 0 spiro atoms. The maximum atomic E-state index is 3.96. The van der Waals surface area contributed by atoms with Gasteiger partial charge >= 0.3 is 0 Å². The van der Waals surface area contributed by atoms with Gasteiger partial charge in [0.1, 0.15) is 0 Å². The van der Waals surface area contributed by atoms with Gasteiger partial charge in [0.05, 0.1) is 9.52 Å². The summed E-state index contributed by atoms with van der Waals surface area (Å²) in [6, 6.07) is 4.05. The van der Waals surface area contributed by atoms with Crippen LogP contribution in [0, 0.1) is 0 Å². The van der Waals surface area contributed by atoms with Crippen molar-refractivity contribution in [3.05, 3.63) is 24.5 Å². The molecule has 0 saturated carbocycles. The van der Waals surface area contributed by atoms with Crippen molar-refractivity contribution in [3.8, 4) is 0 Å². The highest BCUT2D eigenvalue weighted by Crippen LogP contribution is 1.73. The van der Waals surface area contributed by atoms with E-state index in [0.717, 1.165) is 9.52 Å². The lowest BCUT2D eigenvalue weighted by molar-refractivity contribution is 1.35. The summed E-state index contributed by atoms with van der Waals surface area (Å²) in [5, 5.41) is 1.33. The van der Waals surface area contributed by atoms with Crippen molar-refractivity contribution in [2.45, 2.75) is 6.55 Å². The number of hydrogen-bond acceptors (Lipinski definition) is 1. The van der Waals surface area contributed by atoms with Gasteiger partial charge in [-0.15, -0.1) is 0 Å². The molecular weight excluding hydrogens is 114 g/mol. The van der Waals surface area contributed by atoms with Crippen molar-refractivity contribution in [1.82, 2.24) is 4.98 Å². The normalized spacial score (nSPS) is 9.12. The van der Waals surface area contributed by atoms with Crippen LogP contribution in [0.3, 0.4) is 0 Å². The van der Waals surface area contributed by atoms with Gasteiger partial charge in [-0.3, -0.25) is 4.98 Å². The number of nitrogens with zero attached hydrogens (tertiary/aromatic N) is 1. The van der Waals surface area contributed by atoms with E-state index in [1.165, 1.54) is 5.19 Å². The Kier molecular flexibility index (Phi) is 1.80. The summed E-state index contributed by atoms with van der Waals surface area (Å²) in [5.74, 6) is 0.